The van der Waals surface area contributed by atoms with Crippen molar-refractivity contribution < 1.29 is 22.7 Å². The number of benzene rings is 1. The first-order valence-corrected chi connectivity index (χ1v) is 13.1. The summed E-state index contributed by atoms with van der Waals surface area (Å²) in [5.41, 5.74) is 7.70. The molecule has 3 rings (SSSR count). The molecular weight excluding hydrogens is 432 g/mol. The molecule has 178 valence electrons. The van der Waals surface area contributed by atoms with E-state index in [0.29, 0.717) is 24.4 Å². The molecule has 0 aromatic heterocycles. The highest BCUT2D eigenvalue weighted by atomic mass is 32.2. The molecule has 1 saturated carbocycles. The van der Waals surface area contributed by atoms with Gasteiger partial charge in [0.15, 0.2) is 9.84 Å². The fraction of sp³-hybridized carbons (Fsp3) is 0.636. The van der Waals surface area contributed by atoms with E-state index in [4.69, 9.17) is 4.74 Å². The van der Waals surface area contributed by atoms with Gasteiger partial charge in [0, 0.05) is 18.8 Å². The van der Waals surface area contributed by atoms with Crippen LogP contribution in [0.25, 0.3) is 0 Å². The molecular formula is C22H34N4O5S. The van der Waals surface area contributed by atoms with E-state index in [1.54, 1.807) is 12.1 Å². The van der Waals surface area contributed by atoms with Gasteiger partial charge in [0.1, 0.15) is 6.10 Å². The predicted octanol–water partition coefficient (Wildman–Crippen LogP) is 1.55. The van der Waals surface area contributed by atoms with Crippen LogP contribution in [0.5, 0.6) is 0 Å². The minimum absolute atomic E-state index is 0.00224. The number of nitrogens with one attached hydrogen (secondary N) is 4. The zero-order valence-electron chi connectivity index (χ0n) is 18.9. The number of rotatable bonds is 8. The van der Waals surface area contributed by atoms with Crippen molar-refractivity contribution in [1.82, 2.24) is 21.5 Å². The second kappa shape index (κ2) is 10.6. The molecule has 32 heavy (non-hydrogen) atoms. The van der Waals surface area contributed by atoms with Gasteiger partial charge in [-0.3, -0.25) is 10.2 Å². The molecule has 1 aromatic carbocycles. The maximum absolute atomic E-state index is 12.6. The Bertz CT molecular complexity index is 936. The summed E-state index contributed by atoms with van der Waals surface area (Å²) in [5, 5.41) is 5.67. The molecule has 2 amide bonds. The number of hydrazine groups is 1. The lowest BCUT2D eigenvalue weighted by Crippen LogP contribution is -2.45. The van der Waals surface area contributed by atoms with Crippen LogP contribution in [0, 0.1) is 12.8 Å². The first-order valence-electron chi connectivity index (χ1n) is 11.2. The standard InChI is InChI=1S/C22H34N4O5S/c1-4-9-23-22(28)31-17-8-7-15(11-17)18-13-20(26-25-18)24-21(27)12-16-6-5-14(2)10-19(16)32(3,29)30/h5-6,10,15,17-18,20,25-26H,4,7-9,11-13H2,1-3H3,(H,23,28)(H,24,27)/t15-,17+,18?,20?/m0/s1. The Morgan fingerprint density at radius 2 is 1.97 bits per heavy atom. The van der Waals surface area contributed by atoms with Crippen molar-refractivity contribution in [3.8, 4) is 0 Å². The van der Waals surface area contributed by atoms with Crippen LogP contribution in [0.4, 0.5) is 4.79 Å². The van der Waals surface area contributed by atoms with E-state index in [-0.39, 0.29) is 41.6 Å². The normalized spacial score (nSPS) is 25.5. The minimum atomic E-state index is -3.42. The van der Waals surface area contributed by atoms with Gasteiger partial charge >= 0.3 is 6.09 Å². The van der Waals surface area contributed by atoms with Crippen molar-refractivity contribution >= 4 is 21.8 Å². The Morgan fingerprint density at radius 3 is 2.69 bits per heavy atom. The zero-order chi connectivity index (χ0) is 23.3. The van der Waals surface area contributed by atoms with Crippen LogP contribution in [0.1, 0.15) is 50.2 Å². The van der Waals surface area contributed by atoms with Gasteiger partial charge in [-0.05, 0) is 62.1 Å². The largest absolute Gasteiger partial charge is 0.446 e. The van der Waals surface area contributed by atoms with Gasteiger partial charge < -0.3 is 15.4 Å². The molecule has 2 unspecified atom stereocenters. The van der Waals surface area contributed by atoms with E-state index in [0.717, 1.165) is 37.5 Å². The highest BCUT2D eigenvalue weighted by Gasteiger charge is 2.37. The fourth-order valence-electron chi connectivity index (χ4n) is 4.42. The Balaban J connectivity index is 1.48. The molecule has 1 aliphatic heterocycles. The van der Waals surface area contributed by atoms with E-state index in [2.05, 4.69) is 21.5 Å². The first kappa shape index (κ1) is 24.5. The molecule has 1 saturated heterocycles. The second-order valence-electron chi connectivity index (χ2n) is 8.84. The first-order chi connectivity index (χ1) is 15.2. The van der Waals surface area contributed by atoms with Gasteiger partial charge in [-0.25, -0.2) is 18.6 Å². The number of sulfone groups is 1. The van der Waals surface area contributed by atoms with Crippen LogP contribution in [-0.4, -0.2) is 51.5 Å². The third kappa shape index (κ3) is 6.66. The number of alkyl carbamates (subject to hydrolysis) is 1. The Morgan fingerprint density at radius 1 is 1.19 bits per heavy atom. The molecule has 9 nitrogen and oxygen atoms in total. The van der Waals surface area contributed by atoms with Crippen LogP contribution in [0.15, 0.2) is 23.1 Å². The average Bonchev–Trinajstić information content (AvgIpc) is 3.36. The number of ether oxygens (including phenoxy) is 1. The van der Waals surface area contributed by atoms with Gasteiger partial charge in [0.05, 0.1) is 17.5 Å². The quantitative estimate of drug-likeness (QED) is 0.458. The van der Waals surface area contributed by atoms with Crippen LogP contribution in [0.2, 0.25) is 0 Å². The van der Waals surface area contributed by atoms with E-state index < -0.39 is 9.84 Å². The van der Waals surface area contributed by atoms with E-state index in [1.807, 2.05) is 19.9 Å². The minimum Gasteiger partial charge on any atom is -0.446 e. The Kier molecular flexibility index (Phi) is 8.13. The molecule has 10 heteroatoms. The summed E-state index contributed by atoms with van der Waals surface area (Å²) in [5.74, 6) is 0.112. The predicted molar refractivity (Wildman–Crippen MR) is 121 cm³/mol. The van der Waals surface area contributed by atoms with Gasteiger partial charge in [-0.2, -0.15) is 0 Å². The van der Waals surface area contributed by atoms with Crippen molar-refractivity contribution in [3.05, 3.63) is 29.3 Å². The second-order valence-corrected chi connectivity index (χ2v) is 10.8. The Labute approximate surface area is 189 Å². The van der Waals surface area contributed by atoms with Crippen LogP contribution < -0.4 is 21.5 Å². The number of hydrogen-bond acceptors (Lipinski definition) is 7. The number of amides is 2. The molecule has 1 aromatic rings. The maximum atomic E-state index is 12.6. The number of carbonyl (C=O) groups is 2. The molecule has 1 aliphatic carbocycles. The lowest BCUT2D eigenvalue weighted by Gasteiger charge is -2.18. The van der Waals surface area contributed by atoms with Gasteiger partial charge in [-0.1, -0.05) is 19.1 Å². The fourth-order valence-corrected chi connectivity index (χ4v) is 5.44. The van der Waals surface area contributed by atoms with Gasteiger partial charge in [-0.15, -0.1) is 0 Å². The lowest BCUT2D eigenvalue weighted by molar-refractivity contribution is -0.121. The van der Waals surface area contributed by atoms with Crippen molar-refractivity contribution in [2.24, 2.45) is 5.92 Å². The smallest absolute Gasteiger partial charge is 0.407 e. The van der Waals surface area contributed by atoms with Crippen molar-refractivity contribution in [2.75, 3.05) is 12.8 Å². The van der Waals surface area contributed by atoms with Crippen LogP contribution in [-0.2, 0) is 25.8 Å². The summed E-state index contributed by atoms with van der Waals surface area (Å²) in [6, 6.07) is 5.27. The molecule has 2 aliphatic rings. The number of hydrogen-bond donors (Lipinski definition) is 4. The molecule has 1 heterocycles. The number of carbonyl (C=O) groups excluding carboxylic acids is 2. The van der Waals surface area contributed by atoms with Gasteiger partial charge in [0.2, 0.25) is 5.91 Å². The van der Waals surface area contributed by atoms with Crippen molar-refractivity contribution in [3.63, 3.8) is 0 Å². The molecule has 4 N–H and O–H groups in total. The molecule has 0 radical (unpaired) electrons. The van der Waals surface area contributed by atoms with Crippen LogP contribution in [0.3, 0.4) is 0 Å². The zero-order valence-corrected chi connectivity index (χ0v) is 19.8. The Hall–Kier alpha value is -2.17. The monoisotopic (exact) mass is 466 g/mol. The highest BCUT2D eigenvalue weighted by molar-refractivity contribution is 7.90. The summed E-state index contributed by atoms with van der Waals surface area (Å²) in [6.45, 7) is 4.42. The summed E-state index contributed by atoms with van der Waals surface area (Å²) < 4.78 is 29.6. The average molecular weight is 467 g/mol. The molecule has 2 fully saturated rings. The summed E-state index contributed by atoms with van der Waals surface area (Å²) in [6.07, 6.45) is 4.62. The maximum Gasteiger partial charge on any atom is 0.407 e. The van der Waals surface area contributed by atoms with Crippen LogP contribution >= 0.6 is 0 Å². The molecule has 0 spiro atoms. The van der Waals surface area contributed by atoms with Gasteiger partial charge in [0.25, 0.3) is 0 Å². The summed E-state index contributed by atoms with van der Waals surface area (Å²) in [7, 11) is -3.42. The molecule has 4 atom stereocenters. The van der Waals surface area contributed by atoms with Crippen molar-refractivity contribution in [2.45, 2.75) is 75.6 Å². The third-order valence-corrected chi connectivity index (χ3v) is 7.21. The topological polar surface area (TPSA) is 126 Å². The number of aryl methyl sites for hydroxylation is 1. The van der Waals surface area contributed by atoms with E-state index in [9.17, 15) is 18.0 Å². The van der Waals surface area contributed by atoms with Crippen molar-refractivity contribution in [1.29, 1.82) is 0 Å². The van der Waals surface area contributed by atoms with E-state index >= 15 is 0 Å². The lowest BCUT2D eigenvalue weighted by atomic mass is 9.96. The summed E-state index contributed by atoms with van der Waals surface area (Å²) >= 11 is 0. The molecule has 0 bridgehead atoms. The third-order valence-electron chi connectivity index (χ3n) is 6.03. The SMILES string of the molecule is CCCNC(=O)O[C@@H]1CC[C@H](C2CC(NC(=O)Cc3ccc(C)cc3S(C)(=O)=O)NN2)C1. The highest BCUT2D eigenvalue weighted by Crippen LogP contribution is 2.33. The summed E-state index contributed by atoms with van der Waals surface area (Å²) in [4.78, 5) is 24.5. The van der Waals surface area contributed by atoms with E-state index in [1.165, 1.54) is 0 Å².